The second-order valence-electron chi connectivity index (χ2n) is 8.15. The lowest BCUT2D eigenvalue weighted by molar-refractivity contribution is -0.113. The molecule has 0 atom stereocenters. The van der Waals surface area contributed by atoms with Gasteiger partial charge in [-0.1, -0.05) is 11.8 Å². The summed E-state index contributed by atoms with van der Waals surface area (Å²) in [5, 5.41) is 12.7. The number of hydrogen-bond acceptors (Lipinski definition) is 5. The van der Waals surface area contributed by atoms with Crippen LogP contribution in [0.25, 0.3) is 0 Å². The molecular formula is C21H27N5OS. The van der Waals surface area contributed by atoms with Gasteiger partial charge in [-0.05, 0) is 69.2 Å². The van der Waals surface area contributed by atoms with E-state index in [1.165, 1.54) is 62.4 Å². The van der Waals surface area contributed by atoms with Crippen LogP contribution in [0.5, 0.6) is 0 Å². The topological polar surface area (TPSA) is 63.1 Å². The Balaban J connectivity index is 1.17. The van der Waals surface area contributed by atoms with E-state index in [1.807, 2.05) is 12.1 Å². The van der Waals surface area contributed by atoms with E-state index >= 15 is 0 Å². The number of thioether (sulfide) groups is 1. The number of rotatable bonds is 7. The van der Waals surface area contributed by atoms with Crippen molar-refractivity contribution in [3.63, 3.8) is 0 Å². The summed E-state index contributed by atoms with van der Waals surface area (Å²) < 4.78 is 2.29. The summed E-state index contributed by atoms with van der Waals surface area (Å²) in [4.78, 5) is 14.8. The molecule has 0 spiro atoms. The molecule has 1 saturated heterocycles. The number of anilines is 2. The minimum Gasteiger partial charge on any atom is -0.372 e. The maximum atomic E-state index is 12.4. The van der Waals surface area contributed by atoms with E-state index < -0.39 is 0 Å². The standard InChI is InChI=1S/C21H27N5OS/c27-19(22-16-6-8-17(9-7-16)25-12-2-1-3-13-25)14-28-21-24-23-20(15-4-5-15)26(21)18-10-11-18/h6-9,15,18H,1-5,10-14H2,(H,22,27). The van der Waals surface area contributed by atoms with Crippen molar-refractivity contribution in [2.75, 3.05) is 29.1 Å². The Morgan fingerprint density at radius 2 is 1.79 bits per heavy atom. The van der Waals surface area contributed by atoms with Crippen LogP contribution in [0.4, 0.5) is 11.4 Å². The van der Waals surface area contributed by atoms with Gasteiger partial charge in [0.1, 0.15) is 5.82 Å². The zero-order valence-corrected chi connectivity index (χ0v) is 17.0. The van der Waals surface area contributed by atoms with Gasteiger partial charge in [0, 0.05) is 36.4 Å². The lowest BCUT2D eigenvalue weighted by Crippen LogP contribution is -2.29. The highest BCUT2D eigenvalue weighted by molar-refractivity contribution is 7.99. The van der Waals surface area contributed by atoms with E-state index in [0.29, 0.717) is 17.7 Å². The Kier molecular flexibility index (Phi) is 5.01. The number of nitrogens with one attached hydrogen (secondary N) is 1. The van der Waals surface area contributed by atoms with E-state index in [1.54, 1.807) is 0 Å². The van der Waals surface area contributed by atoms with E-state index in [-0.39, 0.29) is 5.91 Å². The van der Waals surface area contributed by atoms with Gasteiger partial charge in [-0.2, -0.15) is 0 Å². The van der Waals surface area contributed by atoms with Crippen molar-refractivity contribution >= 4 is 29.0 Å². The van der Waals surface area contributed by atoms with Crippen LogP contribution >= 0.6 is 11.8 Å². The van der Waals surface area contributed by atoms with E-state index in [2.05, 4.69) is 37.1 Å². The van der Waals surface area contributed by atoms with Crippen molar-refractivity contribution in [3.05, 3.63) is 30.1 Å². The first kappa shape index (κ1) is 18.0. The fourth-order valence-corrected chi connectivity index (χ4v) is 4.73. The summed E-state index contributed by atoms with van der Waals surface area (Å²) in [6.07, 6.45) is 8.74. The Hall–Kier alpha value is -2.02. The van der Waals surface area contributed by atoms with Crippen molar-refractivity contribution in [1.29, 1.82) is 0 Å². The van der Waals surface area contributed by atoms with Crippen LogP contribution in [0.1, 0.15) is 62.7 Å². The highest BCUT2D eigenvalue weighted by atomic mass is 32.2. The molecule has 0 unspecified atom stereocenters. The van der Waals surface area contributed by atoms with Gasteiger partial charge in [-0.15, -0.1) is 10.2 Å². The van der Waals surface area contributed by atoms with Crippen LogP contribution in [0, 0.1) is 0 Å². The lowest BCUT2D eigenvalue weighted by Gasteiger charge is -2.28. The van der Waals surface area contributed by atoms with Crippen LogP contribution < -0.4 is 10.2 Å². The molecule has 148 valence electrons. The SMILES string of the molecule is O=C(CSc1nnc(C2CC2)n1C1CC1)Nc1ccc(N2CCCCC2)cc1. The minimum absolute atomic E-state index is 0.00837. The number of aromatic nitrogens is 3. The second-order valence-corrected chi connectivity index (χ2v) is 9.09. The Labute approximate surface area is 170 Å². The van der Waals surface area contributed by atoms with Gasteiger partial charge in [0.15, 0.2) is 5.16 Å². The van der Waals surface area contributed by atoms with Gasteiger partial charge in [0.2, 0.25) is 5.91 Å². The van der Waals surface area contributed by atoms with Gasteiger partial charge >= 0.3 is 0 Å². The van der Waals surface area contributed by atoms with Crippen molar-refractivity contribution in [1.82, 2.24) is 14.8 Å². The summed E-state index contributed by atoms with van der Waals surface area (Å²) in [5.41, 5.74) is 2.10. The van der Waals surface area contributed by atoms with Crippen molar-refractivity contribution in [2.45, 2.75) is 62.1 Å². The average molecular weight is 398 g/mol. The molecule has 0 bridgehead atoms. The Morgan fingerprint density at radius 3 is 2.46 bits per heavy atom. The zero-order valence-electron chi connectivity index (χ0n) is 16.1. The summed E-state index contributed by atoms with van der Waals surface area (Å²) in [6, 6.07) is 8.78. The number of amides is 1. The largest absolute Gasteiger partial charge is 0.372 e. The molecule has 2 aromatic rings. The maximum absolute atomic E-state index is 12.4. The third-order valence-electron chi connectivity index (χ3n) is 5.75. The Bertz CT molecular complexity index is 835. The third kappa shape index (κ3) is 4.04. The molecule has 2 saturated carbocycles. The van der Waals surface area contributed by atoms with Crippen LogP contribution in [0.2, 0.25) is 0 Å². The predicted molar refractivity (Wildman–Crippen MR) is 112 cm³/mol. The van der Waals surface area contributed by atoms with Crippen LogP contribution in [0.3, 0.4) is 0 Å². The summed E-state index contributed by atoms with van der Waals surface area (Å²) in [7, 11) is 0. The molecule has 28 heavy (non-hydrogen) atoms. The second kappa shape index (κ2) is 7.78. The molecule has 3 fully saturated rings. The molecular weight excluding hydrogens is 370 g/mol. The predicted octanol–water partition coefficient (Wildman–Crippen LogP) is 4.21. The maximum Gasteiger partial charge on any atom is 0.234 e. The number of piperidine rings is 1. The fraction of sp³-hybridized carbons (Fsp3) is 0.571. The van der Waals surface area contributed by atoms with Crippen LogP contribution in [0.15, 0.2) is 29.4 Å². The molecule has 2 heterocycles. The van der Waals surface area contributed by atoms with E-state index in [9.17, 15) is 4.79 Å². The smallest absolute Gasteiger partial charge is 0.234 e. The van der Waals surface area contributed by atoms with Gasteiger partial charge in [-0.25, -0.2) is 0 Å². The monoisotopic (exact) mass is 397 g/mol. The molecule has 6 nitrogen and oxygen atoms in total. The van der Waals surface area contributed by atoms with Gasteiger partial charge in [-0.3, -0.25) is 4.79 Å². The van der Waals surface area contributed by atoms with Crippen molar-refractivity contribution < 1.29 is 4.79 Å². The molecule has 7 heteroatoms. The third-order valence-corrected chi connectivity index (χ3v) is 6.69. The average Bonchev–Trinajstić information content (AvgIpc) is 3.66. The number of carbonyl (C=O) groups excluding carboxylic acids is 1. The van der Waals surface area contributed by atoms with Gasteiger partial charge < -0.3 is 14.8 Å². The van der Waals surface area contributed by atoms with Gasteiger partial charge in [0.25, 0.3) is 0 Å². The first-order valence-corrected chi connectivity index (χ1v) is 11.5. The van der Waals surface area contributed by atoms with Crippen LogP contribution in [-0.2, 0) is 4.79 Å². The quantitative estimate of drug-likeness (QED) is 0.709. The molecule has 2 aliphatic carbocycles. The molecule has 1 aliphatic heterocycles. The van der Waals surface area contributed by atoms with Crippen molar-refractivity contribution in [2.24, 2.45) is 0 Å². The number of carbonyl (C=O) groups is 1. The van der Waals surface area contributed by atoms with Gasteiger partial charge in [0.05, 0.1) is 5.75 Å². The van der Waals surface area contributed by atoms with E-state index in [0.717, 1.165) is 29.8 Å². The number of hydrogen-bond donors (Lipinski definition) is 1. The Morgan fingerprint density at radius 1 is 1.04 bits per heavy atom. The number of benzene rings is 1. The number of nitrogens with zero attached hydrogens (tertiary/aromatic N) is 4. The summed E-state index contributed by atoms with van der Waals surface area (Å²) in [6.45, 7) is 2.26. The minimum atomic E-state index is 0.00837. The first-order valence-electron chi connectivity index (χ1n) is 10.5. The zero-order chi connectivity index (χ0) is 18.9. The summed E-state index contributed by atoms with van der Waals surface area (Å²) >= 11 is 1.50. The van der Waals surface area contributed by atoms with Crippen molar-refractivity contribution in [3.8, 4) is 0 Å². The molecule has 5 rings (SSSR count). The lowest BCUT2D eigenvalue weighted by atomic mass is 10.1. The van der Waals surface area contributed by atoms with E-state index in [4.69, 9.17) is 0 Å². The first-order chi connectivity index (χ1) is 13.8. The molecule has 1 amide bonds. The van der Waals surface area contributed by atoms with Crippen LogP contribution in [-0.4, -0.2) is 39.5 Å². The molecule has 3 aliphatic rings. The fourth-order valence-electron chi connectivity index (χ4n) is 3.92. The highest BCUT2D eigenvalue weighted by Crippen LogP contribution is 2.46. The molecule has 0 radical (unpaired) electrons. The highest BCUT2D eigenvalue weighted by Gasteiger charge is 2.36. The normalized spacial score (nSPS) is 19.6. The molecule has 1 N–H and O–H groups in total. The molecule has 1 aromatic carbocycles. The summed E-state index contributed by atoms with van der Waals surface area (Å²) in [5.74, 6) is 2.10. The molecule has 1 aromatic heterocycles.